The average Bonchev–Trinajstić information content (AvgIpc) is 3.40. The number of furan rings is 1. The third-order valence-electron chi connectivity index (χ3n) is 5.68. The van der Waals surface area contributed by atoms with Gasteiger partial charge in [-0.15, -0.1) is 0 Å². The second kappa shape index (κ2) is 8.00. The Labute approximate surface area is 164 Å². The van der Waals surface area contributed by atoms with Crippen molar-refractivity contribution in [2.45, 2.75) is 44.6 Å². The van der Waals surface area contributed by atoms with E-state index in [1.807, 2.05) is 12.3 Å². The summed E-state index contributed by atoms with van der Waals surface area (Å²) < 4.78 is 5.77. The number of allylic oxidation sites excluding steroid dienone is 1. The number of likely N-dealkylation sites (N-methyl/N-ethyl adjacent to an activating group) is 1. The molecule has 6 nitrogen and oxygen atoms in total. The highest BCUT2D eigenvalue weighted by Gasteiger charge is 2.31. The Bertz CT molecular complexity index is 910. The standard InChI is InChI=1S/C22H25N3O3/c1-23-22(27)20(14-6-3-2-4-7-14)25-21(26)19-11-10-18(28-19)17-12-15-8-5-9-16(15)13-24-17/h5,9-14,20H,2-4,6-8H2,1H3,(H,23,27)(H,25,26)/t20-/m0/s1. The van der Waals surface area contributed by atoms with Crippen LogP contribution in [0.2, 0.25) is 0 Å². The van der Waals surface area contributed by atoms with Gasteiger partial charge in [-0.1, -0.05) is 31.4 Å². The summed E-state index contributed by atoms with van der Waals surface area (Å²) in [5, 5.41) is 5.56. The second-order valence-electron chi connectivity index (χ2n) is 7.50. The quantitative estimate of drug-likeness (QED) is 0.835. The topological polar surface area (TPSA) is 84.2 Å². The molecule has 1 saturated carbocycles. The zero-order valence-electron chi connectivity index (χ0n) is 16.0. The second-order valence-corrected chi connectivity index (χ2v) is 7.50. The number of fused-ring (bicyclic) bond motifs is 1. The van der Waals surface area contributed by atoms with E-state index in [4.69, 9.17) is 4.42 Å². The summed E-state index contributed by atoms with van der Waals surface area (Å²) in [6.07, 6.45) is 12.1. The molecule has 2 aromatic rings. The molecule has 4 rings (SSSR count). The maximum atomic E-state index is 12.7. The molecule has 2 N–H and O–H groups in total. The van der Waals surface area contributed by atoms with Gasteiger partial charge in [-0.05, 0) is 54.5 Å². The number of carbonyl (C=O) groups is 2. The maximum Gasteiger partial charge on any atom is 0.287 e. The Balaban J connectivity index is 1.49. The van der Waals surface area contributed by atoms with Gasteiger partial charge in [0.15, 0.2) is 11.5 Å². The molecule has 0 unspecified atom stereocenters. The zero-order valence-corrected chi connectivity index (χ0v) is 16.0. The lowest BCUT2D eigenvalue weighted by atomic mass is 9.83. The lowest BCUT2D eigenvalue weighted by Crippen LogP contribution is -2.50. The highest BCUT2D eigenvalue weighted by atomic mass is 16.4. The van der Waals surface area contributed by atoms with Gasteiger partial charge in [0.05, 0.1) is 0 Å². The van der Waals surface area contributed by atoms with E-state index >= 15 is 0 Å². The van der Waals surface area contributed by atoms with Crippen LogP contribution in [-0.4, -0.2) is 29.9 Å². The average molecular weight is 379 g/mol. The molecule has 0 aliphatic heterocycles. The Morgan fingerprint density at radius 1 is 1.21 bits per heavy atom. The minimum absolute atomic E-state index is 0.153. The monoisotopic (exact) mass is 379 g/mol. The van der Waals surface area contributed by atoms with E-state index in [9.17, 15) is 9.59 Å². The van der Waals surface area contributed by atoms with Crippen molar-refractivity contribution in [3.8, 4) is 11.5 Å². The molecule has 0 radical (unpaired) electrons. The molecule has 146 valence electrons. The van der Waals surface area contributed by atoms with Gasteiger partial charge in [0, 0.05) is 13.2 Å². The van der Waals surface area contributed by atoms with Crippen LogP contribution in [0.3, 0.4) is 0 Å². The van der Waals surface area contributed by atoms with E-state index in [2.05, 4.69) is 27.8 Å². The minimum atomic E-state index is -0.532. The normalized spacial score (nSPS) is 17.2. The van der Waals surface area contributed by atoms with Crippen LogP contribution in [-0.2, 0) is 11.2 Å². The third kappa shape index (κ3) is 3.72. The van der Waals surface area contributed by atoms with E-state index in [1.54, 1.807) is 19.2 Å². The molecular formula is C22H25N3O3. The maximum absolute atomic E-state index is 12.7. The number of nitrogens with zero attached hydrogens (tertiary/aromatic N) is 1. The first-order valence-electron chi connectivity index (χ1n) is 9.94. The van der Waals surface area contributed by atoms with Crippen LogP contribution in [0.15, 0.2) is 34.9 Å². The molecule has 2 aliphatic rings. The lowest BCUT2D eigenvalue weighted by Gasteiger charge is -2.29. The fourth-order valence-corrected chi connectivity index (χ4v) is 4.11. The highest BCUT2D eigenvalue weighted by Crippen LogP contribution is 2.28. The number of hydrogen-bond donors (Lipinski definition) is 2. The summed E-state index contributed by atoms with van der Waals surface area (Å²) in [4.78, 5) is 29.5. The summed E-state index contributed by atoms with van der Waals surface area (Å²) in [5.41, 5.74) is 3.02. The fourth-order valence-electron chi connectivity index (χ4n) is 4.11. The van der Waals surface area contributed by atoms with Crippen molar-refractivity contribution < 1.29 is 14.0 Å². The molecule has 1 atom stereocenters. The van der Waals surface area contributed by atoms with Crippen molar-refractivity contribution in [2.24, 2.45) is 5.92 Å². The van der Waals surface area contributed by atoms with E-state index in [1.165, 1.54) is 12.0 Å². The molecule has 28 heavy (non-hydrogen) atoms. The highest BCUT2D eigenvalue weighted by molar-refractivity contribution is 5.96. The van der Waals surface area contributed by atoms with Crippen molar-refractivity contribution in [3.63, 3.8) is 0 Å². The zero-order chi connectivity index (χ0) is 19.5. The molecule has 2 heterocycles. The Morgan fingerprint density at radius 3 is 2.82 bits per heavy atom. The van der Waals surface area contributed by atoms with Crippen LogP contribution in [0.25, 0.3) is 17.5 Å². The molecule has 0 aromatic carbocycles. The first kappa shape index (κ1) is 18.5. The van der Waals surface area contributed by atoms with E-state index < -0.39 is 6.04 Å². The Hall–Kier alpha value is -2.89. The first-order chi connectivity index (χ1) is 13.7. The number of rotatable bonds is 5. The van der Waals surface area contributed by atoms with Gasteiger partial charge in [0.1, 0.15) is 11.7 Å². The molecular weight excluding hydrogens is 354 g/mol. The smallest absolute Gasteiger partial charge is 0.287 e. The SMILES string of the molecule is CNC(=O)[C@@H](NC(=O)c1ccc(-c2cc3c(cn2)C=CC3)o1)C1CCCCC1. The number of nitrogens with one attached hydrogen (secondary N) is 2. The van der Waals surface area contributed by atoms with Crippen molar-refractivity contribution in [3.05, 3.63) is 47.4 Å². The molecule has 6 heteroatoms. The number of carbonyl (C=O) groups excluding carboxylic acids is 2. The Kier molecular flexibility index (Phi) is 5.28. The molecule has 2 amide bonds. The summed E-state index contributed by atoms with van der Waals surface area (Å²) in [6.45, 7) is 0. The predicted octanol–water partition coefficient (Wildman–Crippen LogP) is 3.34. The van der Waals surface area contributed by atoms with E-state index in [0.29, 0.717) is 11.5 Å². The van der Waals surface area contributed by atoms with Crippen LogP contribution >= 0.6 is 0 Å². The van der Waals surface area contributed by atoms with Crippen LogP contribution in [0, 0.1) is 5.92 Å². The third-order valence-corrected chi connectivity index (χ3v) is 5.68. The van der Waals surface area contributed by atoms with Crippen molar-refractivity contribution >= 4 is 17.9 Å². The fraction of sp³-hybridized carbons (Fsp3) is 0.409. The molecule has 2 aliphatic carbocycles. The molecule has 1 fully saturated rings. The van der Waals surface area contributed by atoms with Gasteiger partial charge in [-0.25, -0.2) is 0 Å². The van der Waals surface area contributed by atoms with Gasteiger partial charge in [-0.3, -0.25) is 14.6 Å². The van der Waals surface area contributed by atoms with E-state index in [0.717, 1.165) is 37.7 Å². The van der Waals surface area contributed by atoms with Crippen LogP contribution in [0.4, 0.5) is 0 Å². The van der Waals surface area contributed by atoms with Crippen molar-refractivity contribution in [1.82, 2.24) is 15.6 Å². The van der Waals surface area contributed by atoms with Crippen LogP contribution in [0.1, 0.15) is 53.8 Å². The summed E-state index contributed by atoms with van der Waals surface area (Å²) in [5.74, 6) is 0.389. The lowest BCUT2D eigenvalue weighted by molar-refractivity contribution is -0.124. The summed E-state index contributed by atoms with van der Waals surface area (Å²) in [7, 11) is 1.60. The van der Waals surface area contributed by atoms with Crippen LogP contribution in [0.5, 0.6) is 0 Å². The number of amides is 2. The van der Waals surface area contributed by atoms with Gasteiger partial charge in [0.25, 0.3) is 5.91 Å². The van der Waals surface area contributed by atoms with Gasteiger partial charge >= 0.3 is 0 Å². The van der Waals surface area contributed by atoms with Gasteiger partial charge < -0.3 is 15.1 Å². The van der Waals surface area contributed by atoms with Gasteiger partial charge in [0.2, 0.25) is 5.91 Å². The molecule has 0 spiro atoms. The Morgan fingerprint density at radius 2 is 2.04 bits per heavy atom. The minimum Gasteiger partial charge on any atom is -0.449 e. The number of pyridine rings is 1. The summed E-state index contributed by atoms with van der Waals surface area (Å²) in [6, 6.07) is 4.85. The van der Waals surface area contributed by atoms with Crippen molar-refractivity contribution in [1.29, 1.82) is 0 Å². The van der Waals surface area contributed by atoms with Crippen molar-refractivity contribution in [2.75, 3.05) is 7.05 Å². The largest absolute Gasteiger partial charge is 0.449 e. The number of aromatic nitrogens is 1. The van der Waals surface area contributed by atoms with Crippen LogP contribution < -0.4 is 10.6 Å². The van der Waals surface area contributed by atoms with Gasteiger partial charge in [-0.2, -0.15) is 0 Å². The predicted molar refractivity (Wildman–Crippen MR) is 107 cm³/mol. The number of hydrogen-bond acceptors (Lipinski definition) is 4. The first-order valence-corrected chi connectivity index (χ1v) is 9.94. The molecule has 0 saturated heterocycles. The molecule has 2 aromatic heterocycles. The van der Waals surface area contributed by atoms with E-state index in [-0.39, 0.29) is 23.5 Å². The summed E-state index contributed by atoms with van der Waals surface area (Å²) >= 11 is 0. The molecule has 0 bridgehead atoms.